The van der Waals surface area contributed by atoms with E-state index < -0.39 is 5.82 Å². The van der Waals surface area contributed by atoms with Gasteiger partial charge in [-0.15, -0.1) is 0 Å². The van der Waals surface area contributed by atoms with Crippen LogP contribution in [0.5, 0.6) is 0 Å². The molecule has 2 aromatic rings. The van der Waals surface area contributed by atoms with Crippen LogP contribution in [0.3, 0.4) is 0 Å². The topological polar surface area (TPSA) is 24.9 Å². The molecule has 18 heavy (non-hydrogen) atoms. The number of nitrogens with one attached hydrogen (secondary N) is 1. The lowest BCUT2D eigenvalue weighted by Crippen LogP contribution is -1.97. The van der Waals surface area contributed by atoms with Crippen LogP contribution in [0, 0.1) is 5.82 Å². The van der Waals surface area contributed by atoms with Crippen molar-refractivity contribution in [2.24, 2.45) is 0 Å². The Bertz CT molecular complexity index is 607. The van der Waals surface area contributed by atoms with E-state index in [1.165, 1.54) is 12.1 Å². The maximum atomic E-state index is 13.6. The van der Waals surface area contributed by atoms with Gasteiger partial charge >= 0.3 is 0 Å². The number of pyridine rings is 1. The van der Waals surface area contributed by atoms with Gasteiger partial charge in [-0.1, -0.05) is 50.7 Å². The van der Waals surface area contributed by atoms with Gasteiger partial charge in [0.25, 0.3) is 0 Å². The van der Waals surface area contributed by atoms with Crippen LogP contribution in [-0.4, -0.2) is 4.98 Å². The average molecular weight is 370 g/mol. The molecule has 0 atom stereocenters. The summed E-state index contributed by atoms with van der Waals surface area (Å²) in [6.07, 6.45) is 0. The number of hydrogen-bond donors (Lipinski definition) is 1. The van der Waals surface area contributed by atoms with E-state index in [2.05, 4.69) is 26.2 Å². The van der Waals surface area contributed by atoms with Crippen molar-refractivity contribution in [1.82, 2.24) is 4.98 Å². The second kappa shape index (κ2) is 5.61. The minimum absolute atomic E-state index is 0.0963. The Morgan fingerprint density at radius 3 is 2.56 bits per heavy atom. The molecule has 0 amide bonds. The monoisotopic (exact) mass is 368 g/mol. The number of anilines is 2. The summed E-state index contributed by atoms with van der Waals surface area (Å²) in [5, 5.41) is 3.35. The third-order valence-corrected chi connectivity index (χ3v) is 3.52. The summed E-state index contributed by atoms with van der Waals surface area (Å²) in [7, 11) is 0. The predicted octanol–water partition coefficient (Wildman–Crippen LogP) is 5.69. The maximum absolute atomic E-state index is 13.6. The van der Waals surface area contributed by atoms with Gasteiger partial charge in [-0.25, -0.2) is 9.37 Å². The fourth-order valence-electron chi connectivity index (χ4n) is 1.25. The van der Waals surface area contributed by atoms with Crippen LogP contribution in [0.15, 0.2) is 28.7 Å². The van der Waals surface area contributed by atoms with Crippen molar-refractivity contribution in [3.63, 3.8) is 0 Å². The second-order valence-corrected chi connectivity index (χ2v) is 5.43. The van der Waals surface area contributed by atoms with Crippen molar-refractivity contribution in [2.75, 3.05) is 5.32 Å². The van der Waals surface area contributed by atoms with Crippen LogP contribution >= 0.6 is 50.7 Å². The molecule has 0 aliphatic rings. The molecule has 1 heterocycles. The fourth-order valence-corrected chi connectivity index (χ4v) is 2.16. The van der Waals surface area contributed by atoms with Crippen molar-refractivity contribution in [2.45, 2.75) is 0 Å². The predicted molar refractivity (Wildman–Crippen MR) is 76.6 cm³/mol. The summed E-state index contributed by atoms with van der Waals surface area (Å²) >= 11 is 20.7. The Balaban J connectivity index is 2.40. The molecule has 1 aromatic carbocycles. The third kappa shape index (κ3) is 3.06. The van der Waals surface area contributed by atoms with Gasteiger partial charge < -0.3 is 5.32 Å². The van der Waals surface area contributed by atoms with Gasteiger partial charge in [0, 0.05) is 4.47 Å². The lowest BCUT2D eigenvalue weighted by Gasteiger charge is -2.09. The van der Waals surface area contributed by atoms with Gasteiger partial charge in [0.05, 0.1) is 15.7 Å². The van der Waals surface area contributed by atoms with Crippen LogP contribution < -0.4 is 5.32 Å². The molecule has 0 unspecified atom stereocenters. The molecule has 94 valence electrons. The maximum Gasteiger partial charge on any atom is 0.151 e. The first-order chi connectivity index (χ1) is 8.47. The number of aromatic nitrogens is 1. The lowest BCUT2D eigenvalue weighted by molar-refractivity contribution is 0.631. The first-order valence-corrected chi connectivity index (χ1v) is 6.63. The summed E-state index contributed by atoms with van der Waals surface area (Å²) < 4.78 is 14.3. The van der Waals surface area contributed by atoms with Gasteiger partial charge in [0.1, 0.15) is 11.0 Å². The molecule has 0 fully saturated rings. The molecule has 7 heteroatoms. The highest BCUT2D eigenvalue weighted by Crippen LogP contribution is 2.32. The summed E-state index contributed by atoms with van der Waals surface area (Å²) in [4.78, 5) is 3.95. The van der Waals surface area contributed by atoms with Crippen molar-refractivity contribution in [3.05, 3.63) is 49.8 Å². The van der Waals surface area contributed by atoms with Crippen LogP contribution in [0.4, 0.5) is 15.9 Å². The molecule has 0 saturated carbocycles. The molecular weight excluding hydrogens is 365 g/mol. The quantitative estimate of drug-likeness (QED) is 0.687. The van der Waals surface area contributed by atoms with Crippen LogP contribution in [0.2, 0.25) is 15.2 Å². The van der Waals surface area contributed by atoms with E-state index in [0.29, 0.717) is 0 Å². The van der Waals surface area contributed by atoms with Crippen molar-refractivity contribution in [3.8, 4) is 0 Å². The zero-order chi connectivity index (χ0) is 13.3. The molecule has 2 rings (SSSR count). The summed E-state index contributed by atoms with van der Waals surface area (Å²) in [5.41, 5.74) is 0.233. The second-order valence-electron chi connectivity index (χ2n) is 3.34. The van der Waals surface area contributed by atoms with Gasteiger partial charge in [0.15, 0.2) is 5.82 Å². The van der Waals surface area contributed by atoms with Crippen LogP contribution in [0.25, 0.3) is 0 Å². The number of nitrogens with zero attached hydrogens (tertiary/aromatic N) is 1. The zero-order valence-electron chi connectivity index (χ0n) is 8.65. The van der Waals surface area contributed by atoms with Crippen molar-refractivity contribution >= 4 is 62.2 Å². The molecule has 0 aliphatic heterocycles. The molecule has 1 aromatic heterocycles. The molecule has 2 nitrogen and oxygen atoms in total. The molecule has 0 radical (unpaired) electrons. The van der Waals surface area contributed by atoms with E-state index in [-0.39, 0.29) is 26.7 Å². The third-order valence-electron chi connectivity index (χ3n) is 2.07. The van der Waals surface area contributed by atoms with Crippen molar-refractivity contribution < 1.29 is 4.39 Å². The molecule has 0 saturated heterocycles. The summed E-state index contributed by atoms with van der Waals surface area (Å²) in [6, 6.07) is 5.91. The number of hydrogen-bond acceptors (Lipinski definition) is 2. The molecule has 0 bridgehead atoms. The van der Waals surface area contributed by atoms with E-state index in [4.69, 9.17) is 34.8 Å². The highest BCUT2D eigenvalue weighted by atomic mass is 79.9. The Morgan fingerprint density at radius 2 is 1.83 bits per heavy atom. The average Bonchev–Trinajstić information content (AvgIpc) is 2.30. The van der Waals surface area contributed by atoms with Crippen LogP contribution in [0.1, 0.15) is 0 Å². The number of rotatable bonds is 2. The highest BCUT2D eigenvalue weighted by Gasteiger charge is 2.10. The SMILES string of the molecule is Fc1ccc(Br)cc1Nc1nc(Cl)c(Cl)cc1Cl. The van der Waals surface area contributed by atoms with E-state index >= 15 is 0 Å². The van der Waals surface area contributed by atoms with Gasteiger partial charge in [0.2, 0.25) is 0 Å². The molecule has 0 spiro atoms. The standard InChI is InChI=1S/C11H5BrCl3FN2/c12-5-1-2-8(16)9(3-5)17-11-7(14)4-6(13)10(15)18-11/h1-4H,(H,17,18). The smallest absolute Gasteiger partial charge is 0.151 e. The molecule has 0 aliphatic carbocycles. The first-order valence-electron chi connectivity index (χ1n) is 4.71. The Kier molecular flexibility index (Phi) is 4.33. The highest BCUT2D eigenvalue weighted by molar-refractivity contribution is 9.10. The van der Waals surface area contributed by atoms with E-state index in [1.807, 2.05) is 0 Å². The Hall–Kier alpha value is -0.550. The fraction of sp³-hybridized carbons (Fsp3) is 0. The van der Waals surface area contributed by atoms with E-state index in [9.17, 15) is 4.39 Å². The van der Waals surface area contributed by atoms with Gasteiger partial charge in [-0.3, -0.25) is 0 Å². The number of benzene rings is 1. The first kappa shape index (κ1) is 13.9. The van der Waals surface area contributed by atoms with Gasteiger partial charge in [-0.05, 0) is 24.3 Å². The minimum atomic E-state index is -0.429. The number of halogens is 5. The molecular formula is C11H5BrCl3FN2. The van der Waals surface area contributed by atoms with Crippen molar-refractivity contribution in [1.29, 1.82) is 0 Å². The Morgan fingerprint density at radius 1 is 1.11 bits per heavy atom. The molecule has 1 N–H and O–H groups in total. The lowest BCUT2D eigenvalue weighted by atomic mass is 10.3. The van der Waals surface area contributed by atoms with E-state index in [0.717, 1.165) is 4.47 Å². The largest absolute Gasteiger partial charge is 0.337 e. The summed E-state index contributed by atoms with van der Waals surface area (Å²) in [5.74, 6) is -0.190. The van der Waals surface area contributed by atoms with E-state index in [1.54, 1.807) is 12.1 Å². The summed E-state index contributed by atoms with van der Waals surface area (Å²) in [6.45, 7) is 0. The minimum Gasteiger partial charge on any atom is -0.337 e. The zero-order valence-corrected chi connectivity index (χ0v) is 12.5. The van der Waals surface area contributed by atoms with Crippen LogP contribution in [-0.2, 0) is 0 Å². The Labute approximate surface area is 126 Å². The van der Waals surface area contributed by atoms with Gasteiger partial charge in [-0.2, -0.15) is 0 Å². The normalized spacial score (nSPS) is 10.5.